The van der Waals surface area contributed by atoms with Crippen LogP contribution in [0.5, 0.6) is 5.75 Å². The highest BCUT2D eigenvalue weighted by atomic mass is 19.1. The summed E-state index contributed by atoms with van der Waals surface area (Å²) in [4.78, 5) is 24.8. The lowest BCUT2D eigenvalue weighted by molar-refractivity contribution is -0.121. The Hall–Kier alpha value is -2.31. The first-order valence-corrected chi connectivity index (χ1v) is 7.10. The lowest BCUT2D eigenvalue weighted by atomic mass is 10.1. The van der Waals surface area contributed by atoms with Gasteiger partial charge in [0.2, 0.25) is 5.91 Å². The molecule has 6 nitrogen and oxygen atoms in total. The predicted molar refractivity (Wildman–Crippen MR) is 78.8 cm³/mol. The second-order valence-corrected chi connectivity index (χ2v) is 5.40. The van der Waals surface area contributed by atoms with Crippen molar-refractivity contribution in [2.24, 2.45) is 11.7 Å². The van der Waals surface area contributed by atoms with Crippen LogP contribution in [0.25, 0.3) is 0 Å². The molecule has 0 spiro atoms. The van der Waals surface area contributed by atoms with Crippen LogP contribution in [0.3, 0.4) is 0 Å². The predicted octanol–water partition coefficient (Wildman–Crippen LogP) is 1.41. The van der Waals surface area contributed by atoms with Crippen molar-refractivity contribution < 1.29 is 18.7 Å². The number of carbonyl (C=O) groups excluding carboxylic acids is 2. The van der Waals surface area contributed by atoms with Crippen LogP contribution in [0, 0.1) is 11.7 Å². The Balaban J connectivity index is 1.97. The Kier molecular flexibility index (Phi) is 4.85. The van der Waals surface area contributed by atoms with E-state index in [0.29, 0.717) is 25.1 Å². The van der Waals surface area contributed by atoms with Crippen LogP contribution in [-0.4, -0.2) is 37.0 Å². The number of benzene rings is 1. The van der Waals surface area contributed by atoms with Gasteiger partial charge in [-0.3, -0.25) is 4.79 Å². The molecule has 1 aliphatic rings. The minimum Gasteiger partial charge on any atom is -0.494 e. The van der Waals surface area contributed by atoms with Gasteiger partial charge in [-0.05, 0) is 31.0 Å². The quantitative estimate of drug-likeness (QED) is 0.882. The average molecular weight is 309 g/mol. The molecule has 1 heterocycles. The zero-order valence-corrected chi connectivity index (χ0v) is 12.6. The van der Waals surface area contributed by atoms with Gasteiger partial charge < -0.3 is 20.7 Å². The molecule has 0 aliphatic carbocycles. The van der Waals surface area contributed by atoms with E-state index in [4.69, 9.17) is 10.5 Å². The van der Waals surface area contributed by atoms with Crippen molar-refractivity contribution in [1.29, 1.82) is 0 Å². The number of hydrogen-bond donors (Lipinski definition) is 2. The number of amides is 3. The van der Waals surface area contributed by atoms with Gasteiger partial charge in [-0.1, -0.05) is 6.07 Å². The van der Waals surface area contributed by atoms with E-state index in [9.17, 15) is 14.0 Å². The monoisotopic (exact) mass is 309 g/mol. The highest BCUT2D eigenvalue weighted by Crippen LogP contribution is 2.22. The summed E-state index contributed by atoms with van der Waals surface area (Å²) in [7, 11) is 1.39. The number of nitrogens with zero attached hydrogens (tertiary/aromatic N) is 1. The molecule has 0 bridgehead atoms. The van der Waals surface area contributed by atoms with E-state index in [1.165, 1.54) is 19.2 Å². The Bertz CT molecular complexity index is 579. The number of nitrogens with two attached hydrogens (primary N) is 1. The van der Waals surface area contributed by atoms with E-state index in [-0.39, 0.29) is 29.6 Å². The maximum Gasteiger partial charge on any atom is 0.317 e. The second kappa shape index (κ2) is 6.64. The standard InChI is InChI=1S/C15H20FN3O3/c1-9(10-3-4-13(22-2)12(16)7-10)18-15(21)19-6-5-11(8-19)14(17)20/h3-4,7,9,11H,5-6,8H2,1-2H3,(H2,17,20)(H,18,21)/t9-,11+/m1/s1. The molecular weight excluding hydrogens is 289 g/mol. The summed E-state index contributed by atoms with van der Waals surface area (Å²) in [6.45, 7) is 2.58. The van der Waals surface area contributed by atoms with Crippen molar-refractivity contribution in [3.8, 4) is 5.75 Å². The fourth-order valence-corrected chi connectivity index (χ4v) is 2.49. The first kappa shape index (κ1) is 16.1. The molecule has 120 valence electrons. The average Bonchev–Trinajstić information content (AvgIpc) is 2.97. The number of urea groups is 1. The SMILES string of the molecule is COc1ccc([C@@H](C)NC(=O)N2CC[C@H](C(N)=O)C2)cc1F. The van der Waals surface area contributed by atoms with Crippen LogP contribution >= 0.6 is 0 Å². The van der Waals surface area contributed by atoms with Crippen molar-refractivity contribution >= 4 is 11.9 Å². The van der Waals surface area contributed by atoms with Crippen LogP contribution in [0.1, 0.15) is 24.9 Å². The molecule has 7 heteroatoms. The third kappa shape index (κ3) is 3.47. The summed E-state index contributed by atoms with van der Waals surface area (Å²) >= 11 is 0. The molecule has 3 amide bonds. The van der Waals surface area contributed by atoms with E-state index < -0.39 is 5.82 Å². The van der Waals surface area contributed by atoms with Gasteiger partial charge in [-0.15, -0.1) is 0 Å². The molecule has 0 unspecified atom stereocenters. The van der Waals surface area contributed by atoms with Crippen molar-refractivity contribution in [1.82, 2.24) is 10.2 Å². The molecule has 2 atom stereocenters. The van der Waals surface area contributed by atoms with Gasteiger partial charge in [-0.25, -0.2) is 9.18 Å². The van der Waals surface area contributed by atoms with E-state index in [0.717, 1.165) is 0 Å². The van der Waals surface area contributed by atoms with Crippen LogP contribution in [-0.2, 0) is 4.79 Å². The normalized spacial score (nSPS) is 18.9. The van der Waals surface area contributed by atoms with Crippen molar-refractivity contribution in [3.63, 3.8) is 0 Å². The van der Waals surface area contributed by atoms with Gasteiger partial charge in [-0.2, -0.15) is 0 Å². The van der Waals surface area contributed by atoms with Crippen LogP contribution in [0.15, 0.2) is 18.2 Å². The number of rotatable bonds is 4. The molecule has 3 N–H and O–H groups in total. The Morgan fingerprint density at radius 2 is 2.23 bits per heavy atom. The highest BCUT2D eigenvalue weighted by molar-refractivity contribution is 5.80. The minimum atomic E-state index is -0.476. The first-order valence-electron chi connectivity index (χ1n) is 7.10. The number of nitrogens with one attached hydrogen (secondary N) is 1. The molecule has 0 radical (unpaired) electrons. The largest absolute Gasteiger partial charge is 0.494 e. The van der Waals surface area contributed by atoms with Crippen LogP contribution in [0.2, 0.25) is 0 Å². The Labute approximate surface area is 128 Å². The van der Waals surface area contributed by atoms with Crippen molar-refractivity contribution in [2.45, 2.75) is 19.4 Å². The minimum absolute atomic E-state index is 0.158. The Morgan fingerprint density at radius 3 is 2.77 bits per heavy atom. The second-order valence-electron chi connectivity index (χ2n) is 5.40. The van der Waals surface area contributed by atoms with Crippen LogP contribution in [0.4, 0.5) is 9.18 Å². The van der Waals surface area contributed by atoms with Crippen molar-refractivity contribution in [2.75, 3.05) is 20.2 Å². The fourth-order valence-electron chi connectivity index (χ4n) is 2.49. The van der Waals surface area contributed by atoms with E-state index in [1.807, 2.05) is 0 Å². The molecule has 0 aromatic heterocycles. The number of halogens is 1. The Morgan fingerprint density at radius 1 is 1.50 bits per heavy atom. The van der Waals surface area contributed by atoms with E-state index in [1.54, 1.807) is 17.9 Å². The zero-order valence-electron chi connectivity index (χ0n) is 12.6. The maximum atomic E-state index is 13.7. The number of likely N-dealkylation sites (tertiary alicyclic amines) is 1. The summed E-state index contributed by atoms with van der Waals surface area (Å²) in [5.41, 5.74) is 5.88. The third-order valence-electron chi connectivity index (χ3n) is 3.89. The first-order chi connectivity index (χ1) is 10.4. The summed E-state index contributed by atoms with van der Waals surface area (Å²) in [5, 5.41) is 2.79. The molecule has 1 aromatic rings. The fraction of sp³-hybridized carbons (Fsp3) is 0.467. The molecule has 1 aromatic carbocycles. The third-order valence-corrected chi connectivity index (χ3v) is 3.89. The maximum absolute atomic E-state index is 13.7. The number of hydrogen-bond acceptors (Lipinski definition) is 3. The zero-order chi connectivity index (χ0) is 16.3. The van der Waals surface area contributed by atoms with Gasteiger partial charge in [0.15, 0.2) is 11.6 Å². The molecule has 2 rings (SSSR count). The molecular formula is C15H20FN3O3. The van der Waals surface area contributed by atoms with Gasteiger partial charge in [0.25, 0.3) is 0 Å². The van der Waals surface area contributed by atoms with E-state index in [2.05, 4.69) is 5.32 Å². The van der Waals surface area contributed by atoms with Crippen molar-refractivity contribution in [3.05, 3.63) is 29.6 Å². The topological polar surface area (TPSA) is 84.7 Å². The number of ether oxygens (including phenoxy) is 1. The highest BCUT2D eigenvalue weighted by Gasteiger charge is 2.30. The molecule has 22 heavy (non-hydrogen) atoms. The summed E-state index contributed by atoms with van der Waals surface area (Å²) in [6.07, 6.45) is 0.578. The summed E-state index contributed by atoms with van der Waals surface area (Å²) in [6, 6.07) is 3.91. The van der Waals surface area contributed by atoms with Crippen LogP contribution < -0.4 is 15.8 Å². The van der Waals surface area contributed by atoms with Gasteiger partial charge in [0.1, 0.15) is 0 Å². The summed E-state index contributed by atoms with van der Waals surface area (Å²) in [5.74, 6) is -0.998. The lowest BCUT2D eigenvalue weighted by Gasteiger charge is -2.21. The number of primary amides is 1. The molecule has 0 saturated carbocycles. The van der Waals surface area contributed by atoms with Gasteiger partial charge in [0.05, 0.1) is 19.1 Å². The smallest absolute Gasteiger partial charge is 0.317 e. The lowest BCUT2D eigenvalue weighted by Crippen LogP contribution is -2.40. The molecule has 1 fully saturated rings. The van der Waals surface area contributed by atoms with E-state index >= 15 is 0 Å². The summed E-state index contributed by atoms with van der Waals surface area (Å²) < 4.78 is 18.6. The number of methoxy groups -OCH3 is 1. The molecule has 1 aliphatic heterocycles. The van der Waals surface area contributed by atoms with Gasteiger partial charge >= 0.3 is 6.03 Å². The number of carbonyl (C=O) groups is 2. The van der Waals surface area contributed by atoms with Gasteiger partial charge in [0, 0.05) is 13.1 Å². The molecule has 1 saturated heterocycles.